The lowest BCUT2D eigenvalue weighted by atomic mass is 10.0. The molecule has 0 radical (unpaired) electrons. The van der Waals surface area contributed by atoms with Crippen molar-refractivity contribution >= 4 is 8.07 Å². The number of hydrogen-bond acceptors (Lipinski definition) is 2. The van der Waals surface area contributed by atoms with E-state index in [2.05, 4.69) is 19.6 Å². The van der Waals surface area contributed by atoms with Crippen molar-refractivity contribution in [3.8, 4) is 0 Å². The number of hydrogen-bond donors (Lipinski definition) is 2. The molecular weight excluding hydrogens is 166 g/mol. The van der Waals surface area contributed by atoms with Gasteiger partial charge in [0.2, 0.25) is 0 Å². The van der Waals surface area contributed by atoms with Crippen LogP contribution in [0.4, 0.5) is 0 Å². The molecule has 72 valence electrons. The molecule has 3 N–H and O–H groups in total. The van der Waals surface area contributed by atoms with E-state index in [1.165, 1.54) is 6.42 Å². The molecule has 2 unspecified atom stereocenters. The van der Waals surface area contributed by atoms with Gasteiger partial charge in [0.25, 0.3) is 0 Å². The second-order valence-corrected chi connectivity index (χ2v) is 10.8. The fourth-order valence-electron chi connectivity index (χ4n) is 2.03. The predicted octanol–water partition coefficient (Wildman–Crippen LogP) is 1.57. The Labute approximate surface area is 76.2 Å². The van der Waals surface area contributed by atoms with E-state index in [9.17, 15) is 5.11 Å². The van der Waals surface area contributed by atoms with E-state index in [0.717, 1.165) is 18.4 Å². The minimum absolute atomic E-state index is 0.438. The van der Waals surface area contributed by atoms with Crippen LogP contribution in [0.15, 0.2) is 0 Å². The summed E-state index contributed by atoms with van der Waals surface area (Å²) in [5.74, 6) is 0. The molecule has 0 amide bonds. The highest BCUT2D eigenvalue weighted by atomic mass is 28.3. The van der Waals surface area contributed by atoms with Crippen LogP contribution in [0.3, 0.4) is 0 Å². The molecule has 0 spiro atoms. The van der Waals surface area contributed by atoms with Gasteiger partial charge in [0, 0.05) is 14.6 Å². The molecule has 12 heavy (non-hydrogen) atoms. The highest BCUT2D eigenvalue weighted by Crippen LogP contribution is 2.43. The van der Waals surface area contributed by atoms with Crippen molar-refractivity contribution in [2.45, 2.75) is 50.0 Å². The molecule has 1 rings (SSSR count). The molecule has 1 aliphatic carbocycles. The summed E-state index contributed by atoms with van der Waals surface area (Å²) in [5.41, 5.74) is 5.79. The van der Waals surface area contributed by atoms with E-state index >= 15 is 0 Å². The second kappa shape index (κ2) is 3.12. The zero-order valence-corrected chi connectivity index (χ0v) is 9.43. The van der Waals surface area contributed by atoms with Gasteiger partial charge in [-0.15, -0.1) is 0 Å². The first kappa shape index (κ1) is 10.2. The van der Waals surface area contributed by atoms with Crippen LogP contribution in [0.1, 0.15) is 19.3 Å². The number of nitrogens with two attached hydrogens (primary N) is 1. The van der Waals surface area contributed by atoms with Gasteiger partial charge in [-0.3, -0.25) is 0 Å². The summed E-state index contributed by atoms with van der Waals surface area (Å²) in [7, 11) is -1.04. The maximum Gasteiger partial charge on any atom is 0.0769 e. The molecule has 0 aliphatic heterocycles. The maximum absolute atomic E-state index is 9.93. The molecule has 0 bridgehead atoms. The monoisotopic (exact) mass is 187 g/mol. The average Bonchev–Trinajstić information content (AvgIpc) is 2.32. The van der Waals surface area contributed by atoms with Crippen molar-refractivity contribution < 1.29 is 5.11 Å². The van der Waals surface area contributed by atoms with Gasteiger partial charge in [-0.1, -0.05) is 19.6 Å². The zero-order chi connectivity index (χ0) is 9.41. The standard InChI is InChI=1S/C9H21NOSi/c1-12(2,3)8-4-5-9(11,6-8)7-10/h8,11H,4-7,10H2,1-3H3. The summed E-state index contributed by atoms with van der Waals surface area (Å²) in [6.45, 7) is 7.56. The molecule has 0 aromatic rings. The lowest BCUT2D eigenvalue weighted by Gasteiger charge is -2.26. The molecule has 1 saturated carbocycles. The van der Waals surface area contributed by atoms with E-state index in [0.29, 0.717) is 6.54 Å². The van der Waals surface area contributed by atoms with Crippen LogP contribution in [0.2, 0.25) is 25.2 Å². The third-order valence-corrected chi connectivity index (χ3v) is 6.13. The minimum atomic E-state index is -1.04. The van der Waals surface area contributed by atoms with E-state index < -0.39 is 13.7 Å². The fraction of sp³-hybridized carbons (Fsp3) is 1.00. The lowest BCUT2D eigenvalue weighted by Crippen LogP contribution is -2.36. The van der Waals surface area contributed by atoms with Crippen LogP contribution in [0.5, 0.6) is 0 Å². The quantitative estimate of drug-likeness (QED) is 0.645. The summed E-state index contributed by atoms with van der Waals surface area (Å²) in [4.78, 5) is 0. The first-order chi connectivity index (χ1) is 5.37. The highest BCUT2D eigenvalue weighted by molar-refractivity contribution is 6.77. The van der Waals surface area contributed by atoms with Crippen molar-refractivity contribution in [3.63, 3.8) is 0 Å². The zero-order valence-electron chi connectivity index (χ0n) is 8.43. The smallest absolute Gasteiger partial charge is 0.0769 e. The Morgan fingerprint density at radius 3 is 2.33 bits per heavy atom. The van der Waals surface area contributed by atoms with Crippen molar-refractivity contribution in [2.24, 2.45) is 5.73 Å². The summed E-state index contributed by atoms with van der Waals surface area (Å²) >= 11 is 0. The van der Waals surface area contributed by atoms with Crippen LogP contribution in [-0.4, -0.2) is 25.3 Å². The SMILES string of the molecule is C[Si](C)(C)C1CCC(O)(CN)C1. The first-order valence-corrected chi connectivity index (χ1v) is 8.38. The maximum atomic E-state index is 9.93. The Morgan fingerprint density at radius 1 is 1.50 bits per heavy atom. The van der Waals surface area contributed by atoms with Gasteiger partial charge in [0.15, 0.2) is 0 Å². The van der Waals surface area contributed by atoms with E-state index in [1.54, 1.807) is 0 Å². The number of aliphatic hydroxyl groups is 1. The van der Waals surface area contributed by atoms with Crippen molar-refractivity contribution in [3.05, 3.63) is 0 Å². The van der Waals surface area contributed by atoms with Crippen molar-refractivity contribution in [2.75, 3.05) is 6.54 Å². The fourth-order valence-corrected chi connectivity index (χ4v) is 4.03. The van der Waals surface area contributed by atoms with Gasteiger partial charge in [-0.25, -0.2) is 0 Å². The lowest BCUT2D eigenvalue weighted by molar-refractivity contribution is 0.0568. The largest absolute Gasteiger partial charge is 0.389 e. The molecule has 0 aromatic heterocycles. The molecule has 1 fully saturated rings. The van der Waals surface area contributed by atoms with Crippen molar-refractivity contribution in [1.82, 2.24) is 0 Å². The molecular formula is C9H21NOSi. The minimum Gasteiger partial charge on any atom is -0.389 e. The molecule has 3 heteroatoms. The predicted molar refractivity (Wildman–Crippen MR) is 55.0 cm³/mol. The highest BCUT2D eigenvalue weighted by Gasteiger charge is 2.41. The van der Waals surface area contributed by atoms with Crippen LogP contribution in [0.25, 0.3) is 0 Å². The van der Waals surface area contributed by atoms with Gasteiger partial charge < -0.3 is 10.8 Å². The Hall–Kier alpha value is 0.137. The van der Waals surface area contributed by atoms with Gasteiger partial charge in [-0.2, -0.15) is 0 Å². The Bertz CT molecular complexity index is 166. The molecule has 1 aliphatic rings. The normalized spacial score (nSPS) is 37.2. The van der Waals surface area contributed by atoms with Gasteiger partial charge in [-0.05, 0) is 24.8 Å². The first-order valence-electron chi connectivity index (χ1n) is 4.80. The topological polar surface area (TPSA) is 46.2 Å². The van der Waals surface area contributed by atoms with E-state index in [4.69, 9.17) is 5.73 Å². The van der Waals surface area contributed by atoms with Gasteiger partial charge in [0.1, 0.15) is 0 Å². The summed E-state index contributed by atoms with van der Waals surface area (Å²) in [5, 5.41) is 9.93. The third kappa shape index (κ3) is 2.09. The van der Waals surface area contributed by atoms with E-state index in [-0.39, 0.29) is 0 Å². The Balaban J connectivity index is 2.57. The summed E-state index contributed by atoms with van der Waals surface area (Å²) in [6.07, 6.45) is 3.04. The van der Waals surface area contributed by atoms with Crippen LogP contribution in [0, 0.1) is 0 Å². The average molecular weight is 187 g/mol. The van der Waals surface area contributed by atoms with E-state index in [1.807, 2.05) is 0 Å². The van der Waals surface area contributed by atoms with Gasteiger partial charge >= 0.3 is 0 Å². The van der Waals surface area contributed by atoms with Gasteiger partial charge in [0.05, 0.1) is 5.60 Å². The molecule has 0 saturated heterocycles. The van der Waals surface area contributed by atoms with Crippen LogP contribution >= 0.6 is 0 Å². The Morgan fingerprint density at radius 2 is 2.08 bits per heavy atom. The Kier molecular flexibility index (Phi) is 2.66. The molecule has 2 atom stereocenters. The third-order valence-electron chi connectivity index (χ3n) is 3.19. The molecule has 0 heterocycles. The molecule has 2 nitrogen and oxygen atoms in total. The van der Waals surface area contributed by atoms with Crippen molar-refractivity contribution in [1.29, 1.82) is 0 Å². The summed E-state index contributed by atoms with van der Waals surface area (Å²) < 4.78 is 0. The van der Waals surface area contributed by atoms with Crippen LogP contribution < -0.4 is 5.73 Å². The van der Waals surface area contributed by atoms with Crippen LogP contribution in [-0.2, 0) is 0 Å². The number of rotatable bonds is 2. The summed E-state index contributed by atoms with van der Waals surface area (Å²) in [6, 6.07) is 0. The molecule has 0 aromatic carbocycles. The second-order valence-electron chi connectivity index (χ2n) is 5.23.